The number of rotatable bonds is 9. The highest BCUT2D eigenvalue weighted by molar-refractivity contribution is 7.99. The lowest BCUT2D eigenvalue weighted by atomic mass is 10.1. The largest absolute Gasteiger partial charge is 0.497 e. The number of fused-ring (bicyclic) bond motifs is 1. The molecule has 3 aromatic carbocycles. The molecule has 0 fully saturated rings. The van der Waals surface area contributed by atoms with Crippen LogP contribution in [0.15, 0.2) is 76.8 Å². The first-order valence-electron chi connectivity index (χ1n) is 10.5. The van der Waals surface area contributed by atoms with Crippen LogP contribution >= 0.6 is 23.5 Å². The maximum Gasteiger partial charge on any atom is 0.411 e. The SMILES string of the molecule is COc1cccc(NC(=O)OCCSc2cccc(CSc3nc4ccccc4[nH]3)c2C)c1. The number of methoxy groups -OCH3 is 1. The summed E-state index contributed by atoms with van der Waals surface area (Å²) in [5, 5.41) is 3.64. The minimum atomic E-state index is -0.475. The lowest BCUT2D eigenvalue weighted by molar-refractivity contribution is 0.169. The van der Waals surface area contributed by atoms with Crippen LogP contribution in [0.3, 0.4) is 0 Å². The molecule has 0 unspecified atom stereocenters. The third-order valence-corrected chi connectivity index (χ3v) is 7.06. The van der Waals surface area contributed by atoms with Crippen LogP contribution in [0, 0.1) is 6.92 Å². The number of hydrogen-bond donors (Lipinski definition) is 2. The second-order valence-corrected chi connectivity index (χ2v) is 9.33. The zero-order valence-electron chi connectivity index (χ0n) is 18.5. The van der Waals surface area contributed by atoms with E-state index in [0.717, 1.165) is 21.9 Å². The van der Waals surface area contributed by atoms with Gasteiger partial charge < -0.3 is 14.5 Å². The first-order chi connectivity index (χ1) is 16.1. The van der Waals surface area contributed by atoms with Crippen molar-refractivity contribution in [2.75, 3.05) is 24.8 Å². The number of carbonyl (C=O) groups excluding carboxylic acids is 1. The molecule has 0 atom stereocenters. The van der Waals surface area contributed by atoms with Crippen LogP contribution < -0.4 is 10.1 Å². The first-order valence-corrected chi connectivity index (χ1v) is 12.5. The predicted molar refractivity (Wildman–Crippen MR) is 136 cm³/mol. The highest BCUT2D eigenvalue weighted by Gasteiger charge is 2.09. The van der Waals surface area contributed by atoms with E-state index in [1.54, 1.807) is 42.8 Å². The van der Waals surface area contributed by atoms with Crippen molar-refractivity contribution in [2.45, 2.75) is 22.7 Å². The number of ether oxygens (including phenoxy) is 2. The molecule has 1 heterocycles. The number of nitrogens with zero attached hydrogens (tertiary/aromatic N) is 1. The van der Waals surface area contributed by atoms with Crippen molar-refractivity contribution in [3.8, 4) is 5.75 Å². The third kappa shape index (κ3) is 6.24. The molecule has 0 aliphatic heterocycles. The summed E-state index contributed by atoms with van der Waals surface area (Å²) < 4.78 is 10.5. The molecule has 8 heteroatoms. The van der Waals surface area contributed by atoms with Crippen LogP contribution in [0.4, 0.5) is 10.5 Å². The molecular weight excluding hydrogens is 454 g/mol. The Hall–Kier alpha value is -3.10. The number of carbonyl (C=O) groups is 1. The fraction of sp³-hybridized carbons (Fsp3) is 0.200. The quantitative estimate of drug-likeness (QED) is 0.210. The van der Waals surface area contributed by atoms with Crippen LogP contribution in [-0.2, 0) is 10.5 Å². The molecule has 2 N–H and O–H groups in total. The topological polar surface area (TPSA) is 76.2 Å². The van der Waals surface area contributed by atoms with Gasteiger partial charge in [-0.2, -0.15) is 0 Å². The summed E-state index contributed by atoms with van der Waals surface area (Å²) in [7, 11) is 1.59. The van der Waals surface area contributed by atoms with Gasteiger partial charge in [-0.3, -0.25) is 5.32 Å². The molecule has 33 heavy (non-hydrogen) atoms. The number of para-hydroxylation sites is 2. The second kappa shape index (κ2) is 11.2. The second-order valence-electron chi connectivity index (χ2n) is 7.23. The van der Waals surface area contributed by atoms with Gasteiger partial charge in [0.1, 0.15) is 12.4 Å². The van der Waals surface area contributed by atoms with Crippen LogP contribution in [0.5, 0.6) is 5.75 Å². The molecule has 0 bridgehead atoms. The Bertz CT molecular complexity index is 1210. The average molecular weight is 480 g/mol. The fourth-order valence-electron chi connectivity index (χ4n) is 3.26. The van der Waals surface area contributed by atoms with Crippen LogP contribution in [-0.4, -0.2) is 35.5 Å². The van der Waals surface area contributed by atoms with Gasteiger partial charge in [-0.25, -0.2) is 9.78 Å². The van der Waals surface area contributed by atoms with E-state index in [1.165, 1.54) is 16.0 Å². The number of anilines is 1. The molecule has 0 aliphatic carbocycles. The molecule has 0 spiro atoms. The number of aromatic nitrogens is 2. The van der Waals surface area contributed by atoms with Crippen molar-refractivity contribution in [1.29, 1.82) is 0 Å². The summed E-state index contributed by atoms with van der Waals surface area (Å²) in [6.45, 7) is 2.45. The number of aromatic amines is 1. The van der Waals surface area contributed by atoms with Crippen LogP contribution in [0.1, 0.15) is 11.1 Å². The lowest BCUT2D eigenvalue weighted by Crippen LogP contribution is -2.15. The molecule has 4 aromatic rings. The van der Waals surface area contributed by atoms with Gasteiger partial charge in [0, 0.05) is 28.2 Å². The van der Waals surface area contributed by atoms with Crippen LogP contribution in [0.2, 0.25) is 0 Å². The summed E-state index contributed by atoms with van der Waals surface area (Å²) in [6, 6.07) is 21.5. The highest BCUT2D eigenvalue weighted by atomic mass is 32.2. The van der Waals surface area contributed by atoms with Crippen molar-refractivity contribution < 1.29 is 14.3 Å². The molecule has 0 radical (unpaired) electrons. The number of thioether (sulfide) groups is 2. The van der Waals surface area contributed by atoms with Gasteiger partial charge in [0.05, 0.1) is 18.1 Å². The molecule has 6 nitrogen and oxygen atoms in total. The zero-order valence-corrected chi connectivity index (χ0v) is 20.1. The number of hydrogen-bond acceptors (Lipinski definition) is 6. The van der Waals surface area contributed by atoms with Gasteiger partial charge in [0.25, 0.3) is 0 Å². The van der Waals surface area contributed by atoms with Gasteiger partial charge in [-0.15, -0.1) is 11.8 Å². The Labute approximate surface area is 201 Å². The molecule has 4 rings (SSSR count). The van der Waals surface area contributed by atoms with Crippen molar-refractivity contribution in [1.82, 2.24) is 9.97 Å². The van der Waals surface area contributed by atoms with E-state index in [-0.39, 0.29) is 0 Å². The number of nitrogens with one attached hydrogen (secondary N) is 2. The predicted octanol–water partition coefficient (Wildman–Crippen LogP) is 6.51. The van der Waals surface area contributed by atoms with Gasteiger partial charge in [-0.05, 0) is 48.4 Å². The number of amides is 1. The minimum Gasteiger partial charge on any atom is -0.497 e. The van der Waals surface area contributed by atoms with Gasteiger partial charge in [0.2, 0.25) is 0 Å². The van der Waals surface area contributed by atoms with Crippen molar-refractivity contribution >= 4 is 46.3 Å². The van der Waals surface area contributed by atoms with E-state index >= 15 is 0 Å². The van der Waals surface area contributed by atoms with Crippen molar-refractivity contribution in [3.63, 3.8) is 0 Å². The Morgan fingerprint density at radius 1 is 1.06 bits per heavy atom. The normalized spacial score (nSPS) is 10.8. The molecule has 1 amide bonds. The number of imidazole rings is 1. The lowest BCUT2D eigenvalue weighted by Gasteiger charge is -2.11. The zero-order chi connectivity index (χ0) is 23.0. The Balaban J connectivity index is 1.25. The third-order valence-electron chi connectivity index (χ3n) is 5.02. The summed E-state index contributed by atoms with van der Waals surface area (Å²) >= 11 is 3.38. The Kier molecular flexibility index (Phi) is 7.80. The average Bonchev–Trinajstić information content (AvgIpc) is 3.25. The summed E-state index contributed by atoms with van der Waals surface area (Å²) in [5.41, 5.74) is 5.18. The maximum absolute atomic E-state index is 12.0. The van der Waals surface area contributed by atoms with E-state index in [4.69, 9.17) is 9.47 Å². The summed E-state index contributed by atoms with van der Waals surface area (Å²) in [6.07, 6.45) is -0.475. The van der Waals surface area contributed by atoms with E-state index in [2.05, 4.69) is 40.4 Å². The van der Waals surface area contributed by atoms with Gasteiger partial charge in [0.15, 0.2) is 5.16 Å². The van der Waals surface area contributed by atoms with Crippen molar-refractivity contribution in [2.24, 2.45) is 0 Å². The summed E-state index contributed by atoms with van der Waals surface area (Å²) in [5.74, 6) is 2.18. The number of benzene rings is 3. The number of H-pyrrole nitrogens is 1. The standard InChI is InChI=1S/C25H25N3O3S2/c1-17-18(16-33-24-27-21-10-3-4-11-22(21)28-24)7-5-12-23(17)32-14-13-31-25(29)26-19-8-6-9-20(15-19)30-2/h3-12,15H,13-14,16H2,1-2H3,(H,26,29)(H,27,28). The minimum absolute atomic E-state index is 0.317. The molecule has 0 saturated carbocycles. The van der Waals surface area contributed by atoms with E-state index in [9.17, 15) is 4.79 Å². The van der Waals surface area contributed by atoms with Gasteiger partial charge >= 0.3 is 6.09 Å². The monoisotopic (exact) mass is 479 g/mol. The molecule has 170 valence electrons. The fourth-order valence-corrected chi connectivity index (χ4v) is 5.12. The molecular formula is C25H25N3O3S2. The molecule has 1 aromatic heterocycles. The van der Waals surface area contributed by atoms with E-state index in [1.807, 2.05) is 36.4 Å². The summed E-state index contributed by atoms with van der Waals surface area (Å²) in [4.78, 5) is 21.2. The van der Waals surface area contributed by atoms with E-state index < -0.39 is 6.09 Å². The maximum atomic E-state index is 12.0. The Morgan fingerprint density at radius 2 is 1.91 bits per heavy atom. The smallest absolute Gasteiger partial charge is 0.411 e. The van der Waals surface area contributed by atoms with Gasteiger partial charge in [-0.1, -0.05) is 42.1 Å². The van der Waals surface area contributed by atoms with E-state index in [0.29, 0.717) is 23.8 Å². The highest BCUT2D eigenvalue weighted by Crippen LogP contribution is 2.29. The van der Waals surface area contributed by atoms with Crippen molar-refractivity contribution in [3.05, 3.63) is 77.9 Å². The Morgan fingerprint density at radius 3 is 2.76 bits per heavy atom. The first kappa shape index (κ1) is 23.1. The van der Waals surface area contributed by atoms with Crippen LogP contribution in [0.25, 0.3) is 11.0 Å². The molecule has 0 aliphatic rings. The molecule has 0 saturated heterocycles.